The summed E-state index contributed by atoms with van der Waals surface area (Å²) in [6.07, 6.45) is 6.00. The standard InChI is InChI=1S/C17H24N2O3/c1-17(2,16(18)21)19-15(20)12-7-6-10-14(11-12)22-13-8-4-3-5-9-13/h6-7,10-11,13H,3-5,8-9H2,1-2H3,(H2,18,21)(H,19,20). The quantitative estimate of drug-likeness (QED) is 0.876. The van der Waals surface area contributed by atoms with E-state index >= 15 is 0 Å². The van der Waals surface area contributed by atoms with Crippen LogP contribution in [-0.4, -0.2) is 23.5 Å². The highest BCUT2D eigenvalue weighted by atomic mass is 16.5. The van der Waals surface area contributed by atoms with Crippen LogP contribution in [0.2, 0.25) is 0 Å². The Morgan fingerprint density at radius 2 is 1.91 bits per heavy atom. The van der Waals surface area contributed by atoms with Crippen LogP contribution >= 0.6 is 0 Å². The number of hydrogen-bond acceptors (Lipinski definition) is 3. The number of nitrogens with one attached hydrogen (secondary N) is 1. The lowest BCUT2D eigenvalue weighted by molar-refractivity contribution is -0.122. The molecule has 1 saturated carbocycles. The second kappa shape index (κ2) is 6.81. The number of hydrogen-bond donors (Lipinski definition) is 2. The van der Waals surface area contributed by atoms with Crippen molar-refractivity contribution in [2.45, 2.75) is 57.6 Å². The smallest absolute Gasteiger partial charge is 0.252 e. The van der Waals surface area contributed by atoms with Gasteiger partial charge in [0.15, 0.2) is 0 Å². The number of rotatable bonds is 5. The molecule has 2 rings (SSSR count). The minimum absolute atomic E-state index is 0.231. The zero-order valence-corrected chi connectivity index (χ0v) is 13.2. The van der Waals surface area contributed by atoms with E-state index in [-0.39, 0.29) is 12.0 Å². The molecule has 0 heterocycles. The first-order valence-corrected chi connectivity index (χ1v) is 7.77. The van der Waals surface area contributed by atoms with E-state index in [2.05, 4.69) is 5.32 Å². The third kappa shape index (κ3) is 4.23. The van der Waals surface area contributed by atoms with Gasteiger partial charge in [0.05, 0.1) is 6.10 Å². The molecule has 0 unspecified atom stereocenters. The topological polar surface area (TPSA) is 81.4 Å². The van der Waals surface area contributed by atoms with Crippen molar-refractivity contribution in [1.29, 1.82) is 0 Å². The number of nitrogens with two attached hydrogens (primary N) is 1. The molecular weight excluding hydrogens is 280 g/mol. The largest absolute Gasteiger partial charge is 0.490 e. The summed E-state index contributed by atoms with van der Waals surface area (Å²) in [5.41, 5.74) is 4.65. The Balaban J connectivity index is 2.04. The highest BCUT2D eigenvalue weighted by Crippen LogP contribution is 2.24. The Labute approximate surface area is 131 Å². The number of carbonyl (C=O) groups is 2. The highest BCUT2D eigenvalue weighted by Gasteiger charge is 2.27. The minimum Gasteiger partial charge on any atom is -0.490 e. The maximum absolute atomic E-state index is 12.2. The van der Waals surface area contributed by atoms with Crippen LogP contribution in [0.5, 0.6) is 5.75 Å². The molecule has 0 bridgehead atoms. The van der Waals surface area contributed by atoms with E-state index in [4.69, 9.17) is 10.5 Å². The molecule has 0 saturated heterocycles. The van der Waals surface area contributed by atoms with Crippen LogP contribution in [0.3, 0.4) is 0 Å². The fourth-order valence-corrected chi connectivity index (χ4v) is 2.50. The van der Waals surface area contributed by atoms with Gasteiger partial charge in [-0.25, -0.2) is 0 Å². The molecule has 5 heteroatoms. The molecule has 0 radical (unpaired) electrons. The number of benzene rings is 1. The fraction of sp³-hybridized carbons (Fsp3) is 0.529. The van der Waals surface area contributed by atoms with Gasteiger partial charge in [0.25, 0.3) is 5.91 Å². The minimum atomic E-state index is -1.09. The van der Waals surface area contributed by atoms with Gasteiger partial charge in [-0.15, -0.1) is 0 Å². The monoisotopic (exact) mass is 304 g/mol. The molecule has 3 N–H and O–H groups in total. The lowest BCUT2D eigenvalue weighted by Gasteiger charge is -2.24. The molecule has 22 heavy (non-hydrogen) atoms. The highest BCUT2D eigenvalue weighted by molar-refractivity contribution is 5.98. The van der Waals surface area contributed by atoms with E-state index < -0.39 is 11.4 Å². The number of carbonyl (C=O) groups excluding carboxylic acids is 2. The van der Waals surface area contributed by atoms with Crippen LogP contribution in [0.25, 0.3) is 0 Å². The summed E-state index contributed by atoms with van der Waals surface area (Å²) in [5, 5.41) is 2.63. The van der Waals surface area contributed by atoms with Crippen molar-refractivity contribution in [3.8, 4) is 5.75 Å². The van der Waals surface area contributed by atoms with Gasteiger partial charge >= 0.3 is 0 Å². The van der Waals surface area contributed by atoms with Crippen LogP contribution in [0.15, 0.2) is 24.3 Å². The van der Waals surface area contributed by atoms with Crippen LogP contribution in [-0.2, 0) is 4.79 Å². The van der Waals surface area contributed by atoms with E-state index in [0.29, 0.717) is 11.3 Å². The van der Waals surface area contributed by atoms with Gasteiger partial charge in [-0.2, -0.15) is 0 Å². The van der Waals surface area contributed by atoms with Crippen molar-refractivity contribution in [1.82, 2.24) is 5.32 Å². The van der Waals surface area contributed by atoms with Crippen molar-refractivity contribution < 1.29 is 14.3 Å². The van der Waals surface area contributed by atoms with Crippen LogP contribution in [0, 0.1) is 0 Å². The molecule has 0 aliphatic heterocycles. The van der Waals surface area contributed by atoms with Crippen molar-refractivity contribution in [3.63, 3.8) is 0 Å². The molecule has 1 aromatic rings. The number of ether oxygens (including phenoxy) is 1. The third-order valence-corrected chi connectivity index (χ3v) is 3.99. The van der Waals surface area contributed by atoms with E-state index in [1.165, 1.54) is 19.3 Å². The zero-order valence-electron chi connectivity index (χ0n) is 13.2. The van der Waals surface area contributed by atoms with Gasteiger partial charge in [-0.05, 0) is 57.7 Å². The first-order valence-electron chi connectivity index (χ1n) is 7.77. The van der Waals surface area contributed by atoms with E-state index in [0.717, 1.165) is 12.8 Å². The maximum Gasteiger partial charge on any atom is 0.252 e. The van der Waals surface area contributed by atoms with Crippen LogP contribution in [0.4, 0.5) is 0 Å². The predicted octanol–water partition coefficient (Wildman–Crippen LogP) is 2.39. The third-order valence-electron chi connectivity index (χ3n) is 3.99. The van der Waals surface area contributed by atoms with Gasteiger partial charge in [-0.3, -0.25) is 9.59 Å². The van der Waals surface area contributed by atoms with Crippen molar-refractivity contribution in [2.24, 2.45) is 5.73 Å². The molecule has 0 aromatic heterocycles. The predicted molar refractivity (Wildman–Crippen MR) is 84.7 cm³/mol. The maximum atomic E-state index is 12.2. The van der Waals surface area contributed by atoms with E-state index in [1.54, 1.807) is 32.0 Å². The molecule has 1 aliphatic carbocycles. The fourth-order valence-electron chi connectivity index (χ4n) is 2.50. The average Bonchev–Trinajstić information content (AvgIpc) is 2.48. The summed E-state index contributed by atoms with van der Waals surface area (Å²) in [7, 11) is 0. The zero-order chi connectivity index (χ0) is 16.2. The molecule has 0 atom stereocenters. The van der Waals surface area contributed by atoms with Crippen molar-refractivity contribution in [3.05, 3.63) is 29.8 Å². The number of primary amides is 1. The average molecular weight is 304 g/mol. The summed E-state index contributed by atoms with van der Waals surface area (Å²) >= 11 is 0. The molecule has 2 amide bonds. The van der Waals surface area contributed by atoms with Gasteiger partial charge < -0.3 is 15.8 Å². The van der Waals surface area contributed by atoms with Gasteiger partial charge in [-0.1, -0.05) is 12.5 Å². The molecule has 0 spiro atoms. The second-order valence-electron chi connectivity index (χ2n) is 6.35. The van der Waals surface area contributed by atoms with Crippen LogP contribution in [0.1, 0.15) is 56.3 Å². The van der Waals surface area contributed by atoms with Crippen molar-refractivity contribution in [2.75, 3.05) is 0 Å². The Kier molecular flexibility index (Phi) is 5.06. The lowest BCUT2D eigenvalue weighted by Crippen LogP contribution is -2.53. The van der Waals surface area contributed by atoms with Gasteiger partial charge in [0.2, 0.25) is 5.91 Å². The van der Waals surface area contributed by atoms with Crippen LogP contribution < -0.4 is 15.8 Å². The Morgan fingerprint density at radius 3 is 2.55 bits per heavy atom. The van der Waals surface area contributed by atoms with E-state index in [1.807, 2.05) is 6.07 Å². The molecule has 5 nitrogen and oxygen atoms in total. The Hall–Kier alpha value is -2.04. The summed E-state index contributed by atoms with van der Waals surface area (Å²) in [5.74, 6) is -0.218. The first-order chi connectivity index (χ1) is 10.4. The summed E-state index contributed by atoms with van der Waals surface area (Å²) in [6, 6.07) is 7.04. The molecular formula is C17H24N2O3. The molecule has 1 fully saturated rings. The van der Waals surface area contributed by atoms with E-state index in [9.17, 15) is 9.59 Å². The van der Waals surface area contributed by atoms with Gasteiger partial charge in [0.1, 0.15) is 11.3 Å². The molecule has 1 aromatic carbocycles. The molecule has 120 valence electrons. The number of amides is 2. The normalized spacial score (nSPS) is 16.1. The SMILES string of the molecule is CC(C)(NC(=O)c1cccc(OC2CCCCC2)c1)C(N)=O. The first kappa shape index (κ1) is 16.3. The summed E-state index contributed by atoms with van der Waals surface area (Å²) in [6.45, 7) is 3.16. The second-order valence-corrected chi connectivity index (χ2v) is 6.35. The Morgan fingerprint density at radius 1 is 1.23 bits per heavy atom. The lowest BCUT2D eigenvalue weighted by atomic mass is 9.98. The molecule has 1 aliphatic rings. The Bertz CT molecular complexity index is 549. The summed E-state index contributed by atoms with van der Waals surface area (Å²) in [4.78, 5) is 23.5. The van der Waals surface area contributed by atoms with Crippen molar-refractivity contribution >= 4 is 11.8 Å². The summed E-state index contributed by atoms with van der Waals surface area (Å²) < 4.78 is 5.95. The van der Waals surface area contributed by atoms with Gasteiger partial charge in [0, 0.05) is 5.56 Å².